The summed E-state index contributed by atoms with van der Waals surface area (Å²) in [5, 5.41) is 39.0. The third kappa shape index (κ3) is 3.65. The average molecular weight is 268 g/mol. The topological polar surface area (TPSA) is 114 Å². The van der Waals surface area contributed by atoms with E-state index in [1.54, 1.807) is 13.8 Å². The first-order valence-electron chi connectivity index (χ1n) is 6.10. The molecular formula is C13H20N2O4. The minimum atomic E-state index is -0.920. The highest BCUT2D eigenvalue weighted by Gasteiger charge is 2.31. The Balaban J connectivity index is 2.88. The van der Waals surface area contributed by atoms with Crippen molar-refractivity contribution < 1.29 is 20.1 Å². The second-order valence-electron chi connectivity index (χ2n) is 4.97. The monoisotopic (exact) mass is 268 g/mol. The molecule has 0 bridgehead atoms. The Bertz CT molecular complexity index is 459. The zero-order chi connectivity index (χ0) is 14.7. The molecule has 1 aliphatic heterocycles. The lowest BCUT2D eigenvalue weighted by Crippen LogP contribution is -2.24. The van der Waals surface area contributed by atoms with E-state index < -0.39 is 18.1 Å². The van der Waals surface area contributed by atoms with Crippen LogP contribution in [0.5, 0.6) is 0 Å². The molecule has 0 fully saturated rings. The third-order valence-electron chi connectivity index (χ3n) is 2.79. The Morgan fingerprint density at radius 2 is 1.95 bits per heavy atom. The highest BCUT2D eigenvalue weighted by atomic mass is 16.3. The van der Waals surface area contributed by atoms with Crippen LogP contribution in [0.3, 0.4) is 0 Å². The molecule has 0 saturated carbocycles. The van der Waals surface area contributed by atoms with E-state index in [0.717, 1.165) is 5.57 Å². The largest absolute Gasteiger partial charge is 0.505 e. The number of aliphatic hydroxyl groups excluding tert-OH is 3. The molecule has 0 aliphatic carbocycles. The lowest BCUT2D eigenvalue weighted by Gasteiger charge is -2.12. The van der Waals surface area contributed by atoms with Crippen LogP contribution in [0.15, 0.2) is 22.6 Å². The number of carbonyl (C=O) groups excluding carboxylic acids is 1. The Morgan fingerprint density at radius 1 is 1.37 bits per heavy atom. The Morgan fingerprint density at radius 3 is 2.37 bits per heavy atom. The summed E-state index contributed by atoms with van der Waals surface area (Å²) in [6.45, 7) is 5.01. The quantitative estimate of drug-likeness (QED) is 0.474. The van der Waals surface area contributed by atoms with Crippen LogP contribution in [0, 0.1) is 5.41 Å². The van der Waals surface area contributed by atoms with Crippen molar-refractivity contribution in [3.8, 4) is 0 Å². The normalized spacial score (nSPS) is 18.4. The van der Waals surface area contributed by atoms with Crippen molar-refractivity contribution >= 4 is 11.6 Å². The van der Waals surface area contributed by atoms with Crippen molar-refractivity contribution in [2.24, 2.45) is 0 Å². The maximum absolute atomic E-state index is 11.7. The van der Waals surface area contributed by atoms with E-state index >= 15 is 0 Å². The molecule has 1 amide bonds. The van der Waals surface area contributed by atoms with Crippen LogP contribution in [0.2, 0.25) is 0 Å². The summed E-state index contributed by atoms with van der Waals surface area (Å²) in [7, 11) is 0. The maximum Gasteiger partial charge on any atom is 0.261 e. The van der Waals surface area contributed by atoms with Crippen LogP contribution < -0.4 is 5.32 Å². The molecule has 1 aliphatic rings. The summed E-state index contributed by atoms with van der Waals surface area (Å²) in [5.41, 5.74) is 0.799. The number of carbonyl (C=O) groups is 1. The minimum absolute atomic E-state index is 0.0895. The van der Waals surface area contributed by atoms with Gasteiger partial charge >= 0.3 is 0 Å². The molecule has 0 aromatic rings. The van der Waals surface area contributed by atoms with E-state index in [1.807, 2.05) is 0 Å². The molecule has 0 aromatic heterocycles. The lowest BCUT2D eigenvalue weighted by molar-refractivity contribution is -0.115. The molecule has 2 atom stereocenters. The molecule has 0 radical (unpaired) electrons. The lowest BCUT2D eigenvalue weighted by atomic mass is 10.0. The second kappa shape index (κ2) is 5.99. The molecule has 5 N–H and O–H groups in total. The van der Waals surface area contributed by atoms with Crippen LogP contribution in [0.4, 0.5) is 0 Å². The zero-order valence-corrected chi connectivity index (χ0v) is 11.3. The van der Waals surface area contributed by atoms with Gasteiger partial charge in [0.15, 0.2) is 5.76 Å². The van der Waals surface area contributed by atoms with Gasteiger partial charge in [0, 0.05) is 6.42 Å². The van der Waals surface area contributed by atoms with Crippen LogP contribution in [-0.2, 0) is 4.79 Å². The van der Waals surface area contributed by atoms with Gasteiger partial charge in [-0.1, -0.05) is 0 Å². The second-order valence-corrected chi connectivity index (χ2v) is 4.97. The molecule has 0 spiro atoms. The smallest absolute Gasteiger partial charge is 0.261 e. The highest BCUT2D eigenvalue weighted by molar-refractivity contribution is 6.23. The number of amides is 1. The molecule has 0 saturated heterocycles. The van der Waals surface area contributed by atoms with Crippen LogP contribution in [0.1, 0.15) is 33.6 Å². The number of nitrogens with one attached hydrogen (secondary N) is 2. The summed E-state index contributed by atoms with van der Waals surface area (Å²) in [4.78, 5) is 11.7. The van der Waals surface area contributed by atoms with Crippen LogP contribution in [-0.4, -0.2) is 39.1 Å². The number of aliphatic hydroxyl groups is 3. The molecule has 19 heavy (non-hydrogen) atoms. The standard InChI is InChI=1S/C13H20N2O4/c1-6(2)11-12(18)10(13(19)15-11)9(14)5-8(17)4-7(3)16/h7-8,14,16-18H,4-5H2,1-3H3,(H,15,19)/t7-,8?/m1/s1. The molecular weight excluding hydrogens is 248 g/mol. The summed E-state index contributed by atoms with van der Waals surface area (Å²) in [6.07, 6.45) is -1.58. The Labute approximate surface area is 112 Å². The van der Waals surface area contributed by atoms with Crippen molar-refractivity contribution in [1.29, 1.82) is 5.41 Å². The molecule has 1 unspecified atom stereocenters. The fraction of sp³-hybridized carbons (Fsp3) is 0.538. The first-order chi connectivity index (χ1) is 8.73. The fourth-order valence-electron chi connectivity index (χ4n) is 1.92. The fourth-order valence-corrected chi connectivity index (χ4v) is 1.92. The van der Waals surface area contributed by atoms with Crippen molar-refractivity contribution in [2.45, 2.75) is 45.8 Å². The predicted molar refractivity (Wildman–Crippen MR) is 70.8 cm³/mol. The molecule has 1 rings (SSSR count). The third-order valence-corrected chi connectivity index (χ3v) is 2.79. The van der Waals surface area contributed by atoms with Gasteiger partial charge in [-0.2, -0.15) is 0 Å². The first kappa shape index (κ1) is 15.4. The summed E-state index contributed by atoms with van der Waals surface area (Å²) >= 11 is 0. The van der Waals surface area contributed by atoms with Gasteiger partial charge < -0.3 is 26.0 Å². The minimum Gasteiger partial charge on any atom is -0.505 e. The Kier molecular flexibility index (Phi) is 4.85. The zero-order valence-electron chi connectivity index (χ0n) is 11.3. The summed E-state index contributed by atoms with van der Waals surface area (Å²) in [5.74, 6) is -0.790. The van der Waals surface area contributed by atoms with E-state index in [2.05, 4.69) is 5.32 Å². The maximum atomic E-state index is 11.7. The van der Waals surface area contributed by atoms with Gasteiger partial charge in [-0.25, -0.2) is 0 Å². The van der Waals surface area contributed by atoms with E-state index in [4.69, 9.17) is 10.5 Å². The first-order valence-corrected chi connectivity index (χ1v) is 6.10. The summed E-state index contributed by atoms with van der Waals surface area (Å²) in [6, 6.07) is 0. The van der Waals surface area contributed by atoms with Gasteiger partial charge in [0.1, 0.15) is 5.57 Å². The number of hydrogen-bond donors (Lipinski definition) is 5. The van der Waals surface area contributed by atoms with Gasteiger partial charge in [-0.05, 0) is 32.8 Å². The van der Waals surface area contributed by atoms with E-state index in [9.17, 15) is 15.0 Å². The molecule has 6 heteroatoms. The van der Waals surface area contributed by atoms with Gasteiger partial charge in [0.05, 0.1) is 23.6 Å². The van der Waals surface area contributed by atoms with Gasteiger partial charge in [-0.3, -0.25) is 4.79 Å². The SMILES string of the molecule is CC(C)=C1NC(=O)C(C(=N)CC(O)C[C@@H](C)O)=C1O. The van der Waals surface area contributed by atoms with Crippen molar-refractivity contribution in [3.05, 3.63) is 22.6 Å². The van der Waals surface area contributed by atoms with Crippen LogP contribution in [0.25, 0.3) is 0 Å². The van der Waals surface area contributed by atoms with Crippen molar-refractivity contribution in [3.63, 3.8) is 0 Å². The van der Waals surface area contributed by atoms with E-state index in [1.165, 1.54) is 6.92 Å². The Hall–Kier alpha value is -1.66. The van der Waals surface area contributed by atoms with Crippen LogP contribution >= 0.6 is 0 Å². The van der Waals surface area contributed by atoms with Crippen molar-refractivity contribution in [1.82, 2.24) is 5.32 Å². The molecule has 6 nitrogen and oxygen atoms in total. The average Bonchev–Trinajstić information content (AvgIpc) is 2.52. The molecule has 0 aromatic carbocycles. The van der Waals surface area contributed by atoms with E-state index in [0.29, 0.717) is 5.70 Å². The number of rotatable bonds is 5. The number of hydrogen-bond acceptors (Lipinski definition) is 5. The predicted octanol–water partition coefficient (Wildman–Crippen LogP) is 0.764. The number of allylic oxidation sites excluding steroid dienone is 1. The van der Waals surface area contributed by atoms with Gasteiger partial charge in [-0.15, -0.1) is 0 Å². The highest BCUT2D eigenvalue weighted by Crippen LogP contribution is 2.23. The van der Waals surface area contributed by atoms with Gasteiger partial charge in [0.2, 0.25) is 0 Å². The van der Waals surface area contributed by atoms with Crippen molar-refractivity contribution in [2.75, 3.05) is 0 Å². The van der Waals surface area contributed by atoms with Gasteiger partial charge in [0.25, 0.3) is 5.91 Å². The molecule has 1 heterocycles. The molecule has 106 valence electrons. The van der Waals surface area contributed by atoms with E-state index in [-0.39, 0.29) is 29.9 Å². The summed E-state index contributed by atoms with van der Waals surface area (Å²) < 4.78 is 0.